The minimum Gasteiger partial charge on any atom is -0.486 e. The Hall–Kier alpha value is -2.30. The molecule has 0 unspecified atom stereocenters. The highest BCUT2D eigenvalue weighted by Crippen LogP contribution is 2.32. The highest BCUT2D eigenvalue weighted by atomic mass is 79.9. The molecule has 0 atom stereocenters. The van der Waals surface area contributed by atoms with Crippen molar-refractivity contribution in [1.29, 1.82) is 0 Å². The quantitative estimate of drug-likeness (QED) is 0.404. The van der Waals surface area contributed by atoms with Gasteiger partial charge in [-0.25, -0.2) is 8.42 Å². The van der Waals surface area contributed by atoms with Crippen LogP contribution >= 0.6 is 39.1 Å². The van der Waals surface area contributed by atoms with Crippen LogP contribution in [0.15, 0.2) is 70.0 Å². The maximum atomic E-state index is 13.4. The zero-order valence-corrected chi connectivity index (χ0v) is 21.5. The molecule has 0 aromatic heterocycles. The van der Waals surface area contributed by atoms with Crippen molar-refractivity contribution in [3.63, 3.8) is 0 Å². The summed E-state index contributed by atoms with van der Waals surface area (Å²) in [6, 6.07) is 16.0. The average molecular weight is 586 g/mol. The van der Waals surface area contributed by atoms with Gasteiger partial charge in [0.05, 0.1) is 21.5 Å². The van der Waals surface area contributed by atoms with Gasteiger partial charge in [-0.05, 0) is 54.1 Å². The molecule has 4 rings (SSSR count). The van der Waals surface area contributed by atoms with Gasteiger partial charge in [-0.15, -0.1) is 0 Å². The molecular formula is C23H19BrCl2N2O5S. The minimum atomic E-state index is -4.01. The van der Waals surface area contributed by atoms with E-state index in [2.05, 4.69) is 21.2 Å². The summed E-state index contributed by atoms with van der Waals surface area (Å²) in [5.74, 6) is 0.583. The largest absolute Gasteiger partial charge is 0.486 e. The number of carbonyl (C=O) groups excluding carboxylic acids is 1. The SMILES string of the molecule is O=C(CN(Cc1ccc(Cl)c(Cl)c1)S(=O)(=O)c1ccc(Br)cc1)Nc1ccc2c(c1)OCCO2. The number of amides is 1. The van der Waals surface area contributed by atoms with E-state index < -0.39 is 22.5 Å². The molecule has 1 aliphatic heterocycles. The van der Waals surface area contributed by atoms with Gasteiger partial charge < -0.3 is 14.8 Å². The monoisotopic (exact) mass is 584 g/mol. The Morgan fingerprint density at radius 2 is 1.65 bits per heavy atom. The summed E-state index contributed by atoms with van der Waals surface area (Å²) in [6.07, 6.45) is 0. The number of fused-ring (bicyclic) bond motifs is 1. The van der Waals surface area contributed by atoms with E-state index in [1.807, 2.05) is 0 Å². The maximum Gasteiger partial charge on any atom is 0.243 e. The Morgan fingerprint density at radius 1 is 0.941 bits per heavy atom. The summed E-state index contributed by atoms with van der Waals surface area (Å²) >= 11 is 15.4. The summed E-state index contributed by atoms with van der Waals surface area (Å²) in [5, 5.41) is 3.37. The topological polar surface area (TPSA) is 84.9 Å². The number of hydrogen-bond donors (Lipinski definition) is 1. The third-order valence-corrected chi connectivity index (χ3v) is 8.01. The zero-order valence-electron chi connectivity index (χ0n) is 17.6. The van der Waals surface area contributed by atoms with Crippen molar-refractivity contribution in [2.75, 3.05) is 25.1 Å². The van der Waals surface area contributed by atoms with E-state index in [1.54, 1.807) is 48.5 Å². The summed E-state index contributed by atoms with van der Waals surface area (Å²) in [4.78, 5) is 12.9. The number of carbonyl (C=O) groups is 1. The van der Waals surface area contributed by atoms with Crippen molar-refractivity contribution >= 4 is 60.7 Å². The molecule has 0 bridgehead atoms. The number of nitrogens with one attached hydrogen (secondary N) is 1. The second-order valence-electron chi connectivity index (χ2n) is 7.38. The van der Waals surface area contributed by atoms with Crippen LogP contribution in [0.4, 0.5) is 5.69 Å². The molecule has 11 heteroatoms. The van der Waals surface area contributed by atoms with Gasteiger partial charge >= 0.3 is 0 Å². The number of nitrogens with zero attached hydrogens (tertiary/aromatic N) is 1. The summed E-state index contributed by atoms with van der Waals surface area (Å²) in [5.41, 5.74) is 1.05. The van der Waals surface area contributed by atoms with Crippen molar-refractivity contribution in [3.8, 4) is 11.5 Å². The van der Waals surface area contributed by atoms with Crippen LogP contribution in [0, 0.1) is 0 Å². The molecule has 1 amide bonds. The predicted molar refractivity (Wildman–Crippen MR) is 134 cm³/mol. The van der Waals surface area contributed by atoms with Gasteiger partial charge in [-0.3, -0.25) is 4.79 Å². The zero-order chi connectivity index (χ0) is 24.3. The van der Waals surface area contributed by atoms with Crippen LogP contribution in [0.2, 0.25) is 10.0 Å². The first kappa shape index (κ1) is 24.8. The van der Waals surface area contributed by atoms with Crippen LogP contribution in [0.1, 0.15) is 5.56 Å². The number of anilines is 1. The molecular weight excluding hydrogens is 567 g/mol. The van der Waals surface area contributed by atoms with Gasteiger partial charge in [0.15, 0.2) is 11.5 Å². The normalized spacial score (nSPS) is 13.1. The van der Waals surface area contributed by atoms with Crippen LogP contribution in [0.5, 0.6) is 11.5 Å². The maximum absolute atomic E-state index is 13.4. The highest BCUT2D eigenvalue weighted by molar-refractivity contribution is 9.10. The lowest BCUT2D eigenvalue weighted by molar-refractivity contribution is -0.116. The van der Waals surface area contributed by atoms with E-state index in [1.165, 1.54) is 12.1 Å². The second kappa shape index (κ2) is 10.5. The van der Waals surface area contributed by atoms with E-state index in [-0.39, 0.29) is 11.4 Å². The molecule has 1 heterocycles. The molecule has 7 nitrogen and oxygen atoms in total. The number of sulfonamides is 1. The third kappa shape index (κ3) is 5.84. The van der Waals surface area contributed by atoms with Crippen LogP contribution in [0.25, 0.3) is 0 Å². The smallest absolute Gasteiger partial charge is 0.243 e. The van der Waals surface area contributed by atoms with E-state index >= 15 is 0 Å². The molecule has 0 saturated carbocycles. The van der Waals surface area contributed by atoms with Gasteiger partial charge in [0.2, 0.25) is 15.9 Å². The Kier molecular flexibility index (Phi) is 7.69. The van der Waals surface area contributed by atoms with Gasteiger partial charge in [-0.1, -0.05) is 45.2 Å². The molecule has 34 heavy (non-hydrogen) atoms. The molecule has 3 aromatic rings. The number of ether oxygens (including phenoxy) is 2. The van der Waals surface area contributed by atoms with Crippen LogP contribution in [0.3, 0.4) is 0 Å². The molecule has 1 N–H and O–H groups in total. The minimum absolute atomic E-state index is 0.0582. The fraction of sp³-hybridized carbons (Fsp3) is 0.174. The first-order valence-electron chi connectivity index (χ1n) is 10.1. The first-order chi connectivity index (χ1) is 16.2. The Labute approximate surface area is 215 Å². The van der Waals surface area contributed by atoms with E-state index in [0.717, 1.165) is 8.78 Å². The number of hydrogen-bond acceptors (Lipinski definition) is 5. The summed E-state index contributed by atoms with van der Waals surface area (Å²) in [7, 11) is -4.01. The van der Waals surface area contributed by atoms with Gasteiger partial charge in [0.1, 0.15) is 13.2 Å². The fourth-order valence-electron chi connectivity index (χ4n) is 3.30. The first-order valence-corrected chi connectivity index (χ1v) is 13.1. The standard InChI is InChI=1S/C23H19BrCl2N2O5S/c24-16-2-5-18(6-3-16)34(30,31)28(13-15-1-7-19(25)20(26)11-15)14-23(29)27-17-4-8-21-22(12-17)33-10-9-32-21/h1-8,11-12H,9-10,13-14H2,(H,27,29). The van der Waals surface area contributed by atoms with Crippen molar-refractivity contribution in [1.82, 2.24) is 4.31 Å². The van der Waals surface area contributed by atoms with Crippen LogP contribution in [-0.4, -0.2) is 38.4 Å². The van der Waals surface area contributed by atoms with Crippen molar-refractivity contribution in [3.05, 3.63) is 80.7 Å². The fourth-order valence-corrected chi connectivity index (χ4v) is 5.27. The van der Waals surface area contributed by atoms with Crippen LogP contribution in [-0.2, 0) is 21.4 Å². The average Bonchev–Trinajstić information content (AvgIpc) is 2.81. The van der Waals surface area contributed by atoms with E-state index in [9.17, 15) is 13.2 Å². The van der Waals surface area contributed by atoms with Crippen molar-refractivity contribution in [2.45, 2.75) is 11.4 Å². The molecule has 0 spiro atoms. The van der Waals surface area contributed by atoms with E-state index in [4.69, 9.17) is 32.7 Å². The van der Waals surface area contributed by atoms with Crippen molar-refractivity contribution < 1.29 is 22.7 Å². The van der Waals surface area contributed by atoms with Gasteiger partial charge in [0, 0.05) is 22.8 Å². The molecule has 0 saturated heterocycles. The predicted octanol–water partition coefficient (Wildman–Crippen LogP) is 5.36. The van der Waals surface area contributed by atoms with E-state index in [0.29, 0.717) is 46.0 Å². The molecule has 3 aromatic carbocycles. The molecule has 0 radical (unpaired) electrons. The lowest BCUT2D eigenvalue weighted by Crippen LogP contribution is -2.37. The highest BCUT2D eigenvalue weighted by Gasteiger charge is 2.27. The third-order valence-electron chi connectivity index (χ3n) is 4.94. The number of rotatable bonds is 7. The lowest BCUT2D eigenvalue weighted by atomic mass is 10.2. The number of halogens is 3. The number of benzene rings is 3. The Morgan fingerprint density at radius 3 is 2.35 bits per heavy atom. The lowest BCUT2D eigenvalue weighted by Gasteiger charge is -2.23. The summed E-state index contributed by atoms with van der Waals surface area (Å²) in [6.45, 7) is 0.362. The molecule has 178 valence electrons. The molecule has 0 aliphatic carbocycles. The van der Waals surface area contributed by atoms with Crippen molar-refractivity contribution in [2.24, 2.45) is 0 Å². The van der Waals surface area contributed by atoms with Gasteiger partial charge in [0.25, 0.3) is 0 Å². The molecule has 1 aliphatic rings. The van der Waals surface area contributed by atoms with Crippen LogP contribution < -0.4 is 14.8 Å². The molecule has 0 fully saturated rings. The second-order valence-corrected chi connectivity index (χ2v) is 11.1. The summed E-state index contributed by atoms with van der Waals surface area (Å²) < 4.78 is 39.7. The Bertz CT molecular complexity index is 1320. The van der Waals surface area contributed by atoms with Gasteiger partial charge in [-0.2, -0.15) is 4.31 Å². The Balaban J connectivity index is 1.58.